The van der Waals surface area contributed by atoms with E-state index in [4.69, 9.17) is 0 Å². The summed E-state index contributed by atoms with van der Waals surface area (Å²) in [6.07, 6.45) is -1.70. The number of nitrogens with zero attached hydrogens (tertiary/aromatic N) is 5. The predicted molar refractivity (Wildman–Crippen MR) is 113 cm³/mol. The number of hydrogen-bond acceptors (Lipinski definition) is 5. The van der Waals surface area contributed by atoms with Crippen LogP contribution in [-0.4, -0.2) is 38.1 Å². The summed E-state index contributed by atoms with van der Waals surface area (Å²) < 4.78 is 69.4. The van der Waals surface area contributed by atoms with Crippen molar-refractivity contribution in [2.45, 2.75) is 18.1 Å². The van der Waals surface area contributed by atoms with Crippen LogP contribution in [0.25, 0.3) is 39.1 Å². The highest BCUT2D eigenvalue weighted by molar-refractivity contribution is 7.91. The molecule has 0 bridgehead atoms. The van der Waals surface area contributed by atoms with Crippen molar-refractivity contribution in [2.75, 3.05) is 5.75 Å². The smallest absolute Gasteiger partial charge is 0.325 e. The third-order valence-corrected chi connectivity index (χ3v) is 7.15. The maximum Gasteiger partial charge on any atom is 0.418 e. The van der Waals surface area contributed by atoms with Gasteiger partial charge >= 0.3 is 6.18 Å². The average molecular weight is 459 g/mol. The zero-order valence-electron chi connectivity index (χ0n) is 16.9. The second-order valence-electron chi connectivity index (χ2n) is 7.28. The third-order valence-electron chi connectivity index (χ3n) is 5.41. The summed E-state index contributed by atoms with van der Waals surface area (Å²) in [5, 5.41) is 0.254. The van der Waals surface area contributed by atoms with Gasteiger partial charge in [-0.05, 0) is 18.2 Å². The van der Waals surface area contributed by atoms with Crippen LogP contribution in [0.15, 0.2) is 53.8 Å². The molecule has 7 nitrogen and oxygen atoms in total. The van der Waals surface area contributed by atoms with Crippen molar-refractivity contribution in [1.82, 2.24) is 23.9 Å². The molecule has 0 aliphatic heterocycles. The Kier molecular flexibility index (Phi) is 4.32. The minimum Gasteiger partial charge on any atom is -0.325 e. The quantitative estimate of drug-likeness (QED) is 0.403. The Labute approximate surface area is 180 Å². The number of rotatable bonds is 3. The van der Waals surface area contributed by atoms with Gasteiger partial charge in [-0.25, -0.2) is 18.4 Å². The molecule has 0 saturated heterocycles. The zero-order valence-corrected chi connectivity index (χ0v) is 17.7. The molecule has 5 aromatic rings. The van der Waals surface area contributed by atoms with Crippen molar-refractivity contribution in [3.8, 4) is 11.5 Å². The largest absolute Gasteiger partial charge is 0.418 e. The second-order valence-corrected chi connectivity index (χ2v) is 9.48. The normalized spacial score (nSPS) is 12.9. The van der Waals surface area contributed by atoms with Gasteiger partial charge in [0.25, 0.3) is 0 Å². The number of sulfone groups is 1. The Balaban J connectivity index is 1.88. The van der Waals surface area contributed by atoms with E-state index in [1.165, 1.54) is 23.6 Å². The Morgan fingerprint density at radius 1 is 1.06 bits per heavy atom. The van der Waals surface area contributed by atoms with Crippen LogP contribution in [0.3, 0.4) is 0 Å². The van der Waals surface area contributed by atoms with Crippen LogP contribution >= 0.6 is 0 Å². The SMILES string of the molecule is CCS(=O)(=O)c1c(-c2nc3cnc4c(C(F)(F)F)cccc4c3n2C)nc2ccccn12. The molecule has 0 fully saturated rings. The van der Waals surface area contributed by atoms with Crippen LogP contribution in [0.5, 0.6) is 0 Å². The number of fused-ring (bicyclic) bond motifs is 4. The number of para-hydroxylation sites is 1. The van der Waals surface area contributed by atoms with E-state index in [9.17, 15) is 21.6 Å². The molecular weight excluding hydrogens is 443 g/mol. The number of aryl methyl sites for hydroxylation is 1. The molecule has 5 rings (SSSR count). The topological polar surface area (TPSA) is 82.1 Å². The van der Waals surface area contributed by atoms with E-state index < -0.39 is 21.6 Å². The standard InChI is InChI=1S/C21H16F3N5O2S/c1-3-32(30,31)20-17(27-15-9-4-5-10-29(15)20)19-26-14-11-25-16-12(18(14)28(19)2)7-6-8-13(16)21(22,23)24/h4-11H,3H2,1-2H3. The van der Waals surface area contributed by atoms with Crippen LogP contribution in [-0.2, 0) is 23.1 Å². The Morgan fingerprint density at radius 3 is 2.56 bits per heavy atom. The molecule has 0 aliphatic carbocycles. The fourth-order valence-electron chi connectivity index (χ4n) is 3.92. The highest BCUT2D eigenvalue weighted by Gasteiger charge is 2.34. The number of benzene rings is 1. The molecule has 11 heteroatoms. The summed E-state index contributed by atoms with van der Waals surface area (Å²) in [6.45, 7) is 1.53. The van der Waals surface area contributed by atoms with Crippen LogP contribution in [0.1, 0.15) is 12.5 Å². The van der Waals surface area contributed by atoms with E-state index in [2.05, 4.69) is 15.0 Å². The lowest BCUT2D eigenvalue weighted by molar-refractivity contribution is -0.136. The van der Waals surface area contributed by atoms with E-state index in [0.29, 0.717) is 16.7 Å². The van der Waals surface area contributed by atoms with Gasteiger partial charge in [0.1, 0.15) is 16.9 Å². The molecule has 0 N–H and O–H groups in total. The first-order chi connectivity index (χ1) is 15.1. The lowest BCUT2D eigenvalue weighted by atomic mass is 10.1. The molecule has 1 aromatic carbocycles. The minimum atomic E-state index is -4.56. The van der Waals surface area contributed by atoms with Gasteiger partial charge in [-0.2, -0.15) is 13.2 Å². The fourth-order valence-corrected chi connectivity index (χ4v) is 5.08. The monoisotopic (exact) mass is 459 g/mol. The van der Waals surface area contributed by atoms with Crippen molar-refractivity contribution < 1.29 is 21.6 Å². The maximum absolute atomic E-state index is 13.5. The van der Waals surface area contributed by atoms with E-state index in [1.54, 1.807) is 42.1 Å². The molecule has 32 heavy (non-hydrogen) atoms. The number of imidazole rings is 2. The third kappa shape index (κ3) is 2.88. The van der Waals surface area contributed by atoms with Gasteiger partial charge in [-0.1, -0.05) is 25.1 Å². The van der Waals surface area contributed by atoms with Crippen molar-refractivity contribution in [2.24, 2.45) is 7.05 Å². The molecule has 0 atom stereocenters. The molecule has 164 valence electrons. The van der Waals surface area contributed by atoms with Crippen LogP contribution in [0.4, 0.5) is 13.2 Å². The lowest BCUT2D eigenvalue weighted by Crippen LogP contribution is -2.09. The maximum atomic E-state index is 13.5. The first kappa shape index (κ1) is 20.4. The number of alkyl halides is 3. The predicted octanol–water partition coefficient (Wildman–Crippen LogP) is 4.25. The first-order valence-corrected chi connectivity index (χ1v) is 11.3. The molecule has 0 radical (unpaired) electrons. The van der Waals surface area contributed by atoms with Gasteiger partial charge < -0.3 is 4.57 Å². The van der Waals surface area contributed by atoms with E-state index >= 15 is 0 Å². The molecule has 0 spiro atoms. The van der Waals surface area contributed by atoms with Crippen LogP contribution < -0.4 is 0 Å². The molecular formula is C21H16F3N5O2S. The van der Waals surface area contributed by atoms with Gasteiger partial charge in [-0.15, -0.1) is 0 Å². The number of pyridine rings is 2. The van der Waals surface area contributed by atoms with Crippen molar-refractivity contribution in [1.29, 1.82) is 0 Å². The Hall–Kier alpha value is -3.47. The highest BCUT2D eigenvalue weighted by atomic mass is 32.2. The molecule has 0 saturated carbocycles. The fraction of sp³-hybridized carbons (Fsp3) is 0.190. The van der Waals surface area contributed by atoms with Crippen molar-refractivity contribution in [3.05, 3.63) is 54.4 Å². The van der Waals surface area contributed by atoms with E-state index in [-0.39, 0.29) is 33.2 Å². The molecule has 0 unspecified atom stereocenters. The van der Waals surface area contributed by atoms with Gasteiger partial charge in [0.05, 0.1) is 28.5 Å². The lowest BCUT2D eigenvalue weighted by Gasteiger charge is -2.10. The summed E-state index contributed by atoms with van der Waals surface area (Å²) in [4.78, 5) is 13.0. The summed E-state index contributed by atoms with van der Waals surface area (Å²) in [7, 11) is -2.08. The van der Waals surface area contributed by atoms with Gasteiger partial charge in [0.2, 0.25) is 0 Å². The number of aromatic nitrogens is 5. The summed E-state index contributed by atoms with van der Waals surface area (Å²) in [5.74, 6) is 0.0777. The first-order valence-electron chi connectivity index (χ1n) is 9.65. The molecule has 0 amide bonds. The van der Waals surface area contributed by atoms with Crippen molar-refractivity contribution >= 4 is 37.4 Å². The van der Waals surface area contributed by atoms with E-state index in [0.717, 1.165) is 6.07 Å². The van der Waals surface area contributed by atoms with Gasteiger partial charge in [-0.3, -0.25) is 9.38 Å². The highest BCUT2D eigenvalue weighted by Crippen LogP contribution is 2.37. The molecule has 4 aromatic heterocycles. The second kappa shape index (κ2) is 6.76. The number of halogens is 3. The molecule has 4 heterocycles. The van der Waals surface area contributed by atoms with Gasteiger partial charge in [0.15, 0.2) is 20.7 Å². The Morgan fingerprint density at radius 2 is 1.84 bits per heavy atom. The average Bonchev–Trinajstić information content (AvgIpc) is 3.31. The summed E-state index contributed by atoms with van der Waals surface area (Å²) >= 11 is 0. The van der Waals surface area contributed by atoms with Crippen LogP contribution in [0, 0.1) is 0 Å². The van der Waals surface area contributed by atoms with E-state index in [1.807, 2.05) is 0 Å². The van der Waals surface area contributed by atoms with Gasteiger partial charge in [0, 0.05) is 18.6 Å². The summed E-state index contributed by atoms with van der Waals surface area (Å²) in [5.41, 5.74) is 0.264. The minimum absolute atomic E-state index is 0.0118. The van der Waals surface area contributed by atoms with Crippen molar-refractivity contribution in [3.63, 3.8) is 0 Å². The Bertz CT molecular complexity index is 1630. The van der Waals surface area contributed by atoms with Crippen LogP contribution in [0.2, 0.25) is 0 Å². The zero-order chi connectivity index (χ0) is 22.8. The summed E-state index contributed by atoms with van der Waals surface area (Å²) in [6, 6.07) is 8.94. The number of hydrogen-bond donors (Lipinski definition) is 0. The molecule has 0 aliphatic rings.